The number of amides is 4. The number of methoxy groups -OCH3 is 2. The van der Waals surface area contributed by atoms with Gasteiger partial charge in [0.25, 0.3) is 0 Å². The molecule has 1 heterocycles. The number of nitrogens with zero attached hydrogens (tertiary/aromatic N) is 2. The van der Waals surface area contributed by atoms with E-state index in [2.05, 4.69) is 16.0 Å². The van der Waals surface area contributed by atoms with Gasteiger partial charge in [-0.3, -0.25) is 19.2 Å². The molecule has 0 radical (unpaired) electrons. The second-order valence-corrected chi connectivity index (χ2v) is 15.5. The van der Waals surface area contributed by atoms with Crippen LogP contribution >= 0.6 is 0 Å². The minimum atomic E-state index is -1.00. The molecule has 0 saturated carbocycles. The van der Waals surface area contributed by atoms with Gasteiger partial charge in [-0.25, -0.2) is 0 Å². The maximum absolute atomic E-state index is 14.1. The maximum atomic E-state index is 14.1. The van der Waals surface area contributed by atoms with E-state index in [4.69, 9.17) is 9.47 Å². The van der Waals surface area contributed by atoms with Crippen LogP contribution in [0.25, 0.3) is 0 Å². The topological polar surface area (TPSA) is 150 Å². The summed E-state index contributed by atoms with van der Waals surface area (Å²) in [5, 5.41) is 20.0. The van der Waals surface area contributed by atoms with Crippen LogP contribution in [0.5, 0.6) is 0 Å². The summed E-state index contributed by atoms with van der Waals surface area (Å²) < 4.78 is 11.9. The number of allylic oxidation sites excluding steroid dienone is 2. The van der Waals surface area contributed by atoms with Gasteiger partial charge in [-0.15, -0.1) is 0 Å². The van der Waals surface area contributed by atoms with Crippen LogP contribution < -0.4 is 16.0 Å². The zero-order valence-corrected chi connectivity index (χ0v) is 33.4. The second kappa shape index (κ2) is 20.4. The minimum absolute atomic E-state index is 0.00840. The molecule has 12 heteroatoms. The second-order valence-electron chi connectivity index (χ2n) is 15.5. The predicted octanol–water partition coefficient (Wildman–Crippen LogP) is 3.43. The fraction of sp³-hybridized carbons (Fsp3) is 0.795. The van der Waals surface area contributed by atoms with E-state index in [0.29, 0.717) is 25.8 Å². The Balaban J connectivity index is 2.22. The Labute approximate surface area is 307 Å². The number of aliphatic hydroxyl groups is 1. The molecular formula is C39H69N5O7. The molecule has 1 aliphatic carbocycles. The zero-order valence-electron chi connectivity index (χ0n) is 33.4. The van der Waals surface area contributed by atoms with Crippen LogP contribution in [0.1, 0.15) is 93.9 Å². The smallest absolute Gasteiger partial charge is 0.245 e. The predicted molar refractivity (Wildman–Crippen MR) is 201 cm³/mol. The molecule has 2 aliphatic rings. The summed E-state index contributed by atoms with van der Waals surface area (Å²) in [6.07, 6.45) is 9.38. The van der Waals surface area contributed by atoms with Crippen molar-refractivity contribution in [3.63, 3.8) is 0 Å². The van der Waals surface area contributed by atoms with E-state index in [-0.39, 0.29) is 59.9 Å². The Bertz CT molecular complexity index is 1210. The fourth-order valence-electron chi connectivity index (χ4n) is 7.81. The minimum Gasteiger partial charge on any atom is -0.385 e. The van der Waals surface area contributed by atoms with E-state index < -0.39 is 41.9 Å². The van der Waals surface area contributed by atoms with E-state index in [0.717, 1.165) is 12.8 Å². The SMILES string of the molecule is CC[C@H](C)[C@@H]([C@@H](CC(=O)N1CCC[C@H]1[C@H](OC)[C@@H](C)C(=O)N[C@H](C)C[C@]1(O)C=CC=CC1)OC)N(C)C(=O)[C@@H](NC(=O)[C@@H](NC)C(C)C)C(C)C. The number of likely N-dealkylation sites (N-methyl/N-ethyl adjacent to an activating group) is 2. The first kappa shape index (κ1) is 44.4. The maximum Gasteiger partial charge on any atom is 0.245 e. The molecule has 0 aromatic heterocycles. The third kappa shape index (κ3) is 11.9. The van der Waals surface area contributed by atoms with Crippen molar-refractivity contribution in [1.82, 2.24) is 25.8 Å². The lowest BCUT2D eigenvalue weighted by Crippen LogP contribution is -2.59. The Morgan fingerprint density at radius 3 is 2.12 bits per heavy atom. The average molecular weight is 720 g/mol. The normalized spacial score (nSPS) is 23.7. The monoisotopic (exact) mass is 720 g/mol. The number of carbonyl (C=O) groups excluding carboxylic acids is 4. The first-order chi connectivity index (χ1) is 24.0. The molecule has 0 spiro atoms. The van der Waals surface area contributed by atoms with Crippen molar-refractivity contribution in [3.8, 4) is 0 Å². The highest BCUT2D eigenvalue weighted by Crippen LogP contribution is 2.30. The quantitative estimate of drug-likeness (QED) is 0.150. The number of carbonyl (C=O) groups is 4. The van der Waals surface area contributed by atoms with Crippen molar-refractivity contribution < 1.29 is 33.8 Å². The van der Waals surface area contributed by atoms with Crippen molar-refractivity contribution in [3.05, 3.63) is 24.3 Å². The number of hydrogen-bond acceptors (Lipinski definition) is 8. The number of ether oxygens (including phenoxy) is 2. The van der Waals surface area contributed by atoms with Crippen LogP contribution in [-0.2, 0) is 28.7 Å². The van der Waals surface area contributed by atoms with Crippen LogP contribution in [0, 0.1) is 23.7 Å². The van der Waals surface area contributed by atoms with E-state index in [1.54, 1.807) is 39.3 Å². The third-order valence-corrected chi connectivity index (χ3v) is 10.9. The molecule has 0 aromatic carbocycles. The molecule has 4 N–H and O–H groups in total. The average Bonchev–Trinajstić information content (AvgIpc) is 3.56. The summed E-state index contributed by atoms with van der Waals surface area (Å²) in [6.45, 7) is 16.0. The summed E-state index contributed by atoms with van der Waals surface area (Å²) >= 11 is 0. The molecule has 10 atom stereocenters. The Morgan fingerprint density at radius 1 is 0.961 bits per heavy atom. The summed E-state index contributed by atoms with van der Waals surface area (Å²) in [7, 11) is 6.60. The summed E-state index contributed by atoms with van der Waals surface area (Å²) in [6, 6.07) is -2.21. The van der Waals surface area contributed by atoms with E-state index in [1.807, 2.05) is 78.5 Å². The first-order valence-corrected chi connectivity index (χ1v) is 18.9. The zero-order chi connectivity index (χ0) is 38.6. The standard InChI is InChI=1S/C39H69N5O7/c1-13-26(6)34(43(10)38(48)33(25(4)5)42-37(47)32(40-9)24(2)3)30(50-11)22-31(45)44-21-17-18-29(44)35(51-12)28(8)36(46)41-27(7)23-39(49)19-15-14-16-20-39/h14-16,19,24-30,32-35,40,49H,13,17-18,20-23H2,1-12H3,(H,41,46)(H,42,47)/t26-,27+,28+,29-,30+,32-,33-,34-,35+,39-/m0/s1. The van der Waals surface area contributed by atoms with E-state index in [1.165, 1.54) is 0 Å². The van der Waals surface area contributed by atoms with Gasteiger partial charge in [-0.2, -0.15) is 0 Å². The van der Waals surface area contributed by atoms with Gasteiger partial charge in [0.2, 0.25) is 23.6 Å². The molecule has 1 saturated heterocycles. The molecule has 292 valence electrons. The first-order valence-electron chi connectivity index (χ1n) is 18.9. The van der Waals surface area contributed by atoms with Crippen molar-refractivity contribution in [2.24, 2.45) is 23.7 Å². The Kier molecular flexibility index (Phi) is 17.8. The summed E-state index contributed by atoms with van der Waals surface area (Å²) in [5.74, 6) is -1.46. The molecule has 0 unspecified atom stereocenters. The molecular weight excluding hydrogens is 650 g/mol. The van der Waals surface area contributed by atoms with Crippen molar-refractivity contribution in [2.75, 3.05) is 34.9 Å². The van der Waals surface area contributed by atoms with Gasteiger partial charge in [-0.05, 0) is 57.4 Å². The van der Waals surface area contributed by atoms with Gasteiger partial charge in [0.05, 0.1) is 48.3 Å². The van der Waals surface area contributed by atoms with Gasteiger partial charge in [-0.1, -0.05) is 79.2 Å². The molecule has 0 bridgehead atoms. The lowest BCUT2D eigenvalue weighted by Gasteiger charge is -2.41. The number of rotatable bonds is 20. The van der Waals surface area contributed by atoms with E-state index in [9.17, 15) is 24.3 Å². The van der Waals surface area contributed by atoms with Gasteiger partial charge in [0, 0.05) is 33.9 Å². The van der Waals surface area contributed by atoms with Crippen molar-refractivity contribution in [1.29, 1.82) is 0 Å². The number of likely N-dealkylation sites (tertiary alicyclic amines) is 1. The van der Waals surface area contributed by atoms with Crippen molar-refractivity contribution >= 4 is 23.6 Å². The number of hydrogen-bond donors (Lipinski definition) is 4. The van der Waals surface area contributed by atoms with E-state index >= 15 is 0 Å². The van der Waals surface area contributed by atoms with Crippen LogP contribution in [0.4, 0.5) is 0 Å². The highest BCUT2D eigenvalue weighted by molar-refractivity contribution is 5.90. The number of nitrogens with one attached hydrogen (secondary N) is 3. The van der Waals surface area contributed by atoms with Crippen LogP contribution in [0.3, 0.4) is 0 Å². The molecule has 1 fully saturated rings. The van der Waals surface area contributed by atoms with Crippen LogP contribution in [0.15, 0.2) is 24.3 Å². The van der Waals surface area contributed by atoms with Gasteiger partial charge >= 0.3 is 0 Å². The molecule has 0 aromatic rings. The largest absolute Gasteiger partial charge is 0.385 e. The highest BCUT2D eigenvalue weighted by Gasteiger charge is 2.43. The lowest BCUT2D eigenvalue weighted by atomic mass is 9.88. The summed E-state index contributed by atoms with van der Waals surface area (Å²) in [4.78, 5) is 58.3. The Morgan fingerprint density at radius 2 is 1.61 bits per heavy atom. The third-order valence-electron chi connectivity index (χ3n) is 10.9. The molecule has 1 aliphatic heterocycles. The van der Waals surface area contributed by atoms with Gasteiger partial charge < -0.3 is 40.3 Å². The lowest BCUT2D eigenvalue weighted by molar-refractivity contribution is -0.147. The summed E-state index contributed by atoms with van der Waals surface area (Å²) in [5.41, 5.74) is -1.00. The Hall–Kier alpha value is -2.80. The van der Waals surface area contributed by atoms with Gasteiger partial charge in [0.15, 0.2) is 0 Å². The van der Waals surface area contributed by atoms with Gasteiger partial charge in [0.1, 0.15) is 6.04 Å². The molecule has 4 amide bonds. The molecule has 2 rings (SSSR count). The fourth-order valence-corrected chi connectivity index (χ4v) is 7.81. The molecule has 51 heavy (non-hydrogen) atoms. The molecule has 12 nitrogen and oxygen atoms in total. The van der Waals surface area contributed by atoms with Crippen molar-refractivity contribution in [2.45, 2.75) is 142 Å². The highest BCUT2D eigenvalue weighted by atomic mass is 16.5. The van der Waals surface area contributed by atoms with Crippen LogP contribution in [0.2, 0.25) is 0 Å². The van der Waals surface area contributed by atoms with Crippen LogP contribution in [-0.4, -0.2) is 121 Å².